The molecule has 2 aromatic rings. The van der Waals surface area contributed by atoms with Crippen LogP contribution in [0.2, 0.25) is 0 Å². The fraction of sp³-hybridized carbons (Fsp3) is 0.0769. The number of carbonyl (C=O) groups excluding carboxylic acids is 1. The van der Waals surface area contributed by atoms with Gasteiger partial charge in [-0.3, -0.25) is 4.79 Å². The fourth-order valence-corrected chi connectivity index (χ4v) is 1.47. The first-order valence-corrected chi connectivity index (χ1v) is 5.39. The zero-order chi connectivity index (χ0) is 13.8. The molecule has 1 heterocycles. The summed E-state index contributed by atoms with van der Waals surface area (Å²) in [6.07, 6.45) is 1.27. The molecule has 0 aliphatic rings. The highest BCUT2D eigenvalue weighted by atomic mass is 19.1. The third-order valence-electron chi connectivity index (χ3n) is 2.44. The van der Waals surface area contributed by atoms with Crippen molar-refractivity contribution in [3.8, 4) is 5.75 Å². The van der Waals surface area contributed by atoms with Gasteiger partial charge in [-0.25, -0.2) is 9.37 Å². The molecule has 0 atom stereocenters. The second-order valence-electron chi connectivity index (χ2n) is 3.75. The summed E-state index contributed by atoms with van der Waals surface area (Å²) in [5, 5.41) is 0. The van der Waals surface area contributed by atoms with Crippen LogP contribution in [-0.2, 0) is 6.61 Å². The van der Waals surface area contributed by atoms with Gasteiger partial charge in [-0.1, -0.05) is 0 Å². The molecule has 1 aromatic heterocycles. The van der Waals surface area contributed by atoms with Gasteiger partial charge in [0.2, 0.25) is 5.91 Å². The normalized spacial score (nSPS) is 10.2. The van der Waals surface area contributed by atoms with E-state index in [0.717, 1.165) is 6.07 Å². The van der Waals surface area contributed by atoms with Crippen LogP contribution in [0, 0.1) is 11.8 Å². The molecule has 0 radical (unpaired) electrons. The Balaban J connectivity index is 2.17. The second-order valence-corrected chi connectivity index (χ2v) is 3.75. The van der Waals surface area contributed by atoms with Gasteiger partial charge in [-0.05, 0) is 30.3 Å². The quantitative estimate of drug-likeness (QED) is 0.859. The van der Waals surface area contributed by atoms with Crippen LogP contribution in [-0.4, -0.2) is 10.9 Å². The maximum atomic E-state index is 13.5. The van der Waals surface area contributed by atoms with Gasteiger partial charge in [0.15, 0.2) is 5.75 Å². The molecule has 6 heteroatoms. The van der Waals surface area contributed by atoms with Gasteiger partial charge in [0.1, 0.15) is 12.4 Å². The van der Waals surface area contributed by atoms with Crippen molar-refractivity contribution in [1.29, 1.82) is 0 Å². The molecule has 4 nitrogen and oxygen atoms in total. The highest BCUT2D eigenvalue weighted by molar-refractivity contribution is 5.92. The Morgan fingerprint density at radius 1 is 1.32 bits per heavy atom. The van der Waals surface area contributed by atoms with Crippen LogP contribution >= 0.6 is 0 Å². The molecule has 1 aromatic carbocycles. The molecule has 0 fully saturated rings. The molecular formula is C13H10F2N2O2. The Labute approximate surface area is 107 Å². The molecule has 2 rings (SSSR count). The maximum Gasteiger partial charge on any atom is 0.255 e. The predicted molar refractivity (Wildman–Crippen MR) is 63.4 cm³/mol. The van der Waals surface area contributed by atoms with Crippen molar-refractivity contribution < 1.29 is 18.3 Å². The number of hydrogen-bond acceptors (Lipinski definition) is 3. The number of amides is 1. The van der Waals surface area contributed by atoms with E-state index < -0.39 is 17.7 Å². The first-order chi connectivity index (χ1) is 9.08. The number of nitrogens with zero attached hydrogens (tertiary/aromatic N) is 1. The van der Waals surface area contributed by atoms with Gasteiger partial charge < -0.3 is 10.5 Å². The van der Waals surface area contributed by atoms with Gasteiger partial charge in [0.25, 0.3) is 5.95 Å². The Morgan fingerprint density at radius 3 is 2.79 bits per heavy atom. The molecule has 0 spiro atoms. The summed E-state index contributed by atoms with van der Waals surface area (Å²) in [7, 11) is 0. The second kappa shape index (κ2) is 5.43. The smallest absolute Gasteiger partial charge is 0.255 e. The Morgan fingerprint density at radius 2 is 2.11 bits per heavy atom. The van der Waals surface area contributed by atoms with Gasteiger partial charge in [0, 0.05) is 17.3 Å². The van der Waals surface area contributed by atoms with Gasteiger partial charge in [-0.15, -0.1) is 0 Å². The number of ether oxygens (including phenoxy) is 1. The number of benzene rings is 1. The van der Waals surface area contributed by atoms with Crippen molar-refractivity contribution in [2.24, 2.45) is 5.73 Å². The first kappa shape index (κ1) is 12.9. The monoisotopic (exact) mass is 264 g/mol. The maximum absolute atomic E-state index is 13.5. The zero-order valence-corrected chi connectivity index (χ0v) is 9.77. The average Bonchev–Trinajstić information content (AvgIpc) is 2.39. The molecule has 2 N–H and O–H groups in total. The summed E-state index contributed by atoms with van der Waals surface area (Å²) in [6.45, 7) is -0.227. The fourth-order valence-electron chi connectivity index (χ4n) is 1.47. The SMILES string of the molecule is NC(=O)c1ccc(F)c(COc2cccnc2F)c1. The molecule has 0 bridgehead atoms. The van der Waals surface area contributed by atoms with Crippen LogP contribution in [0.25, 0.3) is 0 Å². The number of primary amides is 1. The minimum Gasteiger partial charge on any atom is -0.484 e. The van der Waals surface area contributed by atoms with Gasteiger partial charge in [-0.2, -0.15) is 4.39 Å². The van der Waals surface area contributed by atoms with E-state index in [2.05, 4.69) is 4.98 Å². The summed E-state index contributed by atoms with van der Waals surface area (Å²) >= 11 is 0. The van der Waals surface area contributed by atoms with Crippen molar-refractivity contribution in [3.05, 3.63) is 59.4 Å². The van der Waals surface area contributed by atoms with Gasteiger partial charge >= 0.3 is 0 Å². The van der Waals surface area contributed by atoms with Crippen LogP contribution in [0.15, 0.2) is 36.5 Å². The number of pyridine rings is 1. The Bertz CT molecular complexity index is 617. The van der Waals surface area contributed by atoms with Crippen molar-refractivity contribution in [3.63, 3.8) is 0 Å². The third kappa shape index (κ3) is 3.04. The highest BCUT2D eigenvalue weighted by Crippen LogP contribution is 2.17. The predicted octanol–water partition coefficient (Wildman–Crippen LogP) is 2.04. The lowest BCUT2D eigenvalue weighted by Crippen LogP contribution is -2.12. The molecule has 19 heavy (non-hydrogen) atoms. The van der Waals surface area contributed by atoms with Crippen molar-refractivity contribution in [1.82, 2.24) is 4.98 Å². The van der Waals surface area contributed by atoms with Crippen molar-refractivity contribution in [2.75, 3.05) is 0 Å². The van der Waals surface area contributed by atoms with E-state index in [9.17, 15) is 13.6 Å². The summed E-state index contributed by atoms with van der Waals surface area (Å²) in [6, 6.07) is 6.52. The van der Waals surface area contributed by atoms with E-state index in [-0.39, 0.29) is 23.5 Å². The van der Waals surface area contributed by atoms with Crippen LogP contribution in [0.1, 0.15) is 15.9 Å². The van der Waals surface area contributed by atoms with Crippen LogP contribution < -0.4 is 10.5 Å². The first-order valence-electron chi connectivity index (χ1n) is 5.39. The standard InChI is InChI=1S/C13H10F2N2O2/c14-10-4-3-8(13(16)18)6-9(10)7-19-11-2-1-5-17-12(11)15/h1-6H,7H2,(H2,16,18). The van der Waals surface area contributed by atoms with Crippen LogP contribution in [0.4, 0.5) is 8.78 Å². The van der Waals surface area contributed by atoms with Gasteiger partial charge in [0.05, 0.1) is 0 Å². The Kier molecular flexibility index (Phi) is 3.70. The van der Waals surface area contributed by atoms with E-state index in [1.54, 1.807) is 0 Å². The topological polar surface area (TPSA) is 65.2 Å². The third-order valence-corrected chi connectivity index (χ3v) is 2.44. The number of halogens is 2. The van der Waals surface area contributed by atoms with E-state index in [1.807, 2.05) is 0 Å². The molecular weight excluding hydrogens is 254 g/mol. The molecule has 0 unspecified atom stereocenters. The summed E-state index contributed by atoms with van der Waals surface area (Å²) in [4.78, 5) is 14.4. The molecule has 0 saturated heterocycles. The molecule has 0 aliphatic heterocycles. The lowest BCUT2D eigenvalue weighted by molar-refractivity contribution is 0.1000. The molecule has 1 amide bonds. The van der Waals surface area contributed by atoms with E-state index in [4.69, 9.17) is 10.5 Å². The minimum absolute atomic E-state index is 0.0913. The number of hydrogen-bond donors (Lipinski definition) is 1. The molecule has 0 aliphatic carbocycles. The summed E-state index contributed by atoms with van der Waals surface area (Å²) < 4.78 is 31.8. The number of rotatable bonds is 4. The van der Waals surface area contributed by atoms with Crippen molar-refractivity contribution in [2.45, 2.75) is 6.61 Å². The van der Waals surface area contributed by atoms with E-state index >= 15 is 0 Å². The van der Waals surface area contributed by atoms with Crippen LogP contribution in [0.3, 0.4) is 0 Å². The largest absolute Gasteiger partial charge is 0.484 e. The minimum atomic E-state index is -0.783. The summed E-state index contributed by atoms with van der Waals surface area (Å²) in [5.74, 6) is -2.11. The highest BCUT2D eigenvalue weighted by Gasteiger charge is 2.09. The van der Waals surface area contributed by atoms with Crippen LogP contribution in [0.5, 0.6) is 5.75 Å². The molecule has 98 valence electrons. The number of nitrogens with two attached hydrogens (primary N) is 1. The molecule has 0 saturated carbocycles. The lowest BCUT2D eigenvalue weighted by Gasteiger charge is -2.08. The zero-order valence-electron chi connectivity index (χ0n) is 9.77. The summed E-state index contributed by atoms with van der Waals surface area (Å²) in [5.41, 5.74) is 5.36. The lowest BCUT2D eigenvalue weighted by atomic mass is 10.1. The number of aromatic nitrogens is 1. The van der Waals surface area contributed by atoms with Crippen molar-refractivity contribution >= 4 is 5.91 Å². The van der Waals surface area contributed by atoms with E-state index in [1.165, 1.54) is 30.5 Å². The average molecular weight is 264 g/mol. The Hall–Kier alpha value is -2.50. The van der Waals surface area contributed by atoms with E-state index in [0.29, 0.717) is 0 Å². The number of carbonyl (C=O) groups is 1.